The zero-order valence-corrected chi connectivity index (χ0v) is 12.0. The van der Waals surface area contributed by atoms with E-state index in [1.54, 1.807) is 0 Å². The average molecular weight is 273 g/mol. The lowest BCUT2D eigenvalue weighted by atomic mass is 9.90. The molecule has 1 aliphatic rings. The Kier molecular flexibility index (Phi) is 4.03. The number of piperidine rings is 1. The minimum atomic E-state index is -0.279. The number of aliphatic hydroxyl groups excluding tert-OH is 1. The zero-order valence-electron chi connectivity index (χ0n) is 12.0. The molecule has 2 heterocycles. The maximum Gasteiger partial charge on any atom is 0.112 e. The SMILES string of the molecule is CCn1c(CC(O)C2CCNCC2)nc2ccccc21. The van der Waals surface area contributed by atoms with Crippen molar-refractivity contribution in [1.82, 2.24) is 14.9 Å². The van der Waals surface area contributed by atoms with E-state index in [2.05, 4.69) is 22.9 Å². The zero-order chi connectivity index (χ0) is 13.9. The summed E-state index contributed by atoms with van der Waals surface area (Å²) in [5, 5.41) is 13.8. The number of fused-ring (bicyclic) bond motifs is 1. The standard InChI is InChI=1S/C16H23N3O/c1-2-19-14-6-4-3-5-13(14)18-16(19)11-15(20)12-7-9-17-10-8-12/h3-6,12,15,17,20H,2,7-11H2,1H3. The molecule has 0 saturated carbocycles. The smallest absolute Gasteiger partial charge is 0.112 e. The van der Waals surface area contributed by atoms with Crippen molar-refractivity contribution in [1.29, 1.82) is 0 Å². The topological polar surface area (TPSA) is 50.1 Å². The van der Waals surface area contributed by atoms with Crippen LogP contribution in [0.3, 0.4) is 0 Å². The van der Waals surface area contributed by atoms with E-state index < -0.39 is 0 Å². The number of aliphatic hydroxyl groups is 1. The van der Waals surface area contributed by atoms with Crippen molar-refractivity contribution in [3.63, 3.8) is 0 Å². The molecule has 4 nitrogen and oxygen atoms in total. The summed E-state index contributed by atoms with van der Waals surface area (Å²) in [5.41, 5.74) is 2.20. The number of aromatic nitrogens is 2. The first-order chi connectivity index (χ1) is 9.79. The maximum absolute atomic E-state index is 10.5. The van der Waals surface area contributed by atoms with E-state index >= 15 is 0 Å². The van der Waals surface area contributed by atoms with Crippen molar-refractivity contribution in [2.75, 3.05) is 13.1 Å². The second kappa shape index (κ2) is 5.94. The van der Waals surface area contributed by atoms with Crippen LogP contribution in [0.1, 0.15) is 25.6 Å². The number of benzene rings is 1. The van der Waals surface area contributed by atoms with E-state index in [1.165, 1.54) is 5.52 Å². The molecule has 1 unspecified atom stereocenters. The number of hydrogen-bond acceptors (Lipinski definition) is 3. The summed E-state index contributed by atoms with van der Waals surface area (Å²) in [6.07, 6.45) is 2.51. The third-order valence-corrected chi connectivity index (χ3v) is 4.37. The summed E-state index contributed by atoms with van der Waals surface area (Å²) in [5.74, 6) is 1.42. The second-order valence-electron chi connectivity index (χ2n) is 5.62. The van der Waals surface area contributed by atoms with Gasteiger partial charge in [-0.1, -0.05) is 12.1 Å². The van der Waals surface area contributed by atoms with Gasteiger partial charge in [-0.15, -0.1) is 0 Å². The van der Waals surface area contributed by atoms with Crippen LogP contribution in [0.15, 0.2) is 24.3 Å². The van der Waals surface area contributed by atoms with Crippen molar-refractivity contribution >= 4 is 11.0 Å². The van der Waals surface area contributed by atoms with E-state index in [9.17, 15) is 5.11 Å². The number of hydrogen-bond donors (Lipinski definition) is 2. The predicted octanol–water partition coefficient (Wildman–Crippen LogP) is 1.96. The molecule has 1 fully saturated rings. The lowest BCUT2D eigenvalue weighted by molar-refractivity contribution is 0.0866. The fraction of sp³-hybridized carbons (Fsp3) is 0.562. The van der Waals surface area contributed by atoms with Crippen LogP contribution < -0.4 is 5.32 Å². The lowest BCUT2D eigenvalue weighted by Gasteiger charge is -2.27. The first kappa shape index (κ1) is 13.6. The Balaban J connectivity index is 1.82. The molecule has 0 bridgehead atoms. The Labute approximate surface area is 119 Å². The number of imidazole rings is 1. The molecule has 2 aromatic rings. The fourth-order valence-corrected chi connectivity index (χ4v) is 3.22. The van der Waals surface area contributed by atoms with Gasteiger partial charge in [0.05, 0.1) is 17.1 Å². The van der Waals surface area contributed by atoms with Crippen molar-refractivity contribution in [3.05, 3.63) is 30.1 Å². The molecule has 20 heavy (non-hydrogen) atoms. The van der Waals surface area contributed by atoms with Crippen molar-refractivity contribution < 1.29 is 5.11 Å². The van der Waals surface area contributed by atoms with Crippen LogP contribution in [-0.4, -0.2) is 33.9 Å². The van der Waals surface area contributed by atoms with Gasteiger partial charge in [0.25, 0.3) is 0 Å². The Morgan fingerprint density at radius 1 is 1.35 bits per heavy atom. The lowest BCUT2D eigenvalue weighted by Crippen LogP contribution is -2.35. The van der Waals surface area contributed by atoms with E-state index in [0.717, 1.165) is 43.8 Å². The summed E-state index contributed by atoms with van der Waals surface area (Å²) in [4.78, 5) is 4.71. The van der Waals surface area contributed by atoms with Crippen LogP contribution in [0.2, 0.25) is 0 Å². The van der Waals surface area contributed by atoms with Crippen molar-refractivity contribution in [2.24, 2.45) is 5.92 Å². The molecule has 4 heteroatoms. The Bertz CT molecular complexity index is 572. The van der Waals surface area contributed by atoms with Gasteiger partial charge in [0.15, 0.2) is 0 Å². The van der Waals surface area contributed by atoms with E-state index in [0.29, 0.717) is 12.3 Å². The highest BCUT2D eigenvalue weighted by molar-refractivity contribution is 5.75. The molecular formula is C16H23N3O. The van der Waals surface area contributed by atoms with Crippen molar-refractivity contribution in [2.45, 2.75) is 38.8 Å². The summed E-state index contributed by atoms with van der Waals surface area (Å²) in [6, 6.07) is 8.21. The number of nitrogens with one attached hydrogen (secondary N) is 1. The van der Waals surface area contributed by atoms with Gasteiger partial charge in [0.2, 0.25) is 0 Å². The molecule has 2 N–H and O–H groups in total. The number of nitrogens with zero attached hydrogens (tertiary/aromatic N) is 2. The van der Waals surface area contributed by atoms with Crippen LogP contribution in [0.5, 0.6) is 0 Å². The number of aryl methyl sites for hydroxylation is 1. The van der Waals surface area contributed by atoms with Crippen LogP contribution in [-0.2, 0) is 13.0 Å². The highest BCUT2D eigenvalue weighted by Crippen LogP contribution is 2.22. The molecule has 1 aromatic heterocycles. The molecule has 3 rings (SSSR count). The molecule has 0 radical (unpaired) electrons. The highest BCUT2D eigenvalue weighted by Gasteiger charge is 2.23. The van der Waals surface area contributed by atoms with Gasteiger partial charge >= 0.3 is 0 Å². The van der Waals surface area contributed by atoms with Gasteiger partial charge < -0.3 is 15.0 Å². The van der Waals surface area contributed by atoms with Gasteiger partial charge in [0.1, 0.15) is 5.82 Å². The number of rotatable bonds is 4. The largest absolute Gasteiger partial charge is 0.392 e. The van der Waals surface area contributed by atoms with Crippen LogP contribution in [0.25, 0.3) is 11.0 Å². The van der Waals surface area contributed by atoms with Crippen molar-refractivity contribution in [3.8, 4) is 0 Å². The van der Waals surface area contributed by atoms with E-state index in [1.807, 2.05) is 18.2 Å². The van der Waals surface area contributed by atoms with Crippen LogP contribution >= 0.6 is 0 Å². The molecule has 108 valence electrons. The van der Waals surface area contributed by atoms with Gasteiger partial charge in [0, 0.05) is 13.0 Å². The van der Waals surface area contributed by atoms with Crippen LogP contribution in [0.4, 0.5) is 0 Å². The molecular weight excluding hydrogens is 250 g/mol. The third-order valence-electron chi connectivity index (χ3n) is 4.37. The monoisotopic (exact) mass is 273 g/mol. The van der Waals surface area contributed by atoms with E-state index in [4.69, 9.17) is 4.98 Å². The fourth-order valence-electron chi connectivity index (χ4n) is 3.22. The van der Waals surface area contributed by atoms with E-state index in [-0.39, 0.29) is 6.10 Å². The molecule has 1 aromatic carbocycles. The normalized spacial score (nSPS) is 18.5. The van der Waals surface area contributed by atoms with Gasteiger partial charge in [-0.2, -0.15) is 0 Å². The molecule has 1 aliphatic heterocycles. The average Bonchev–Trinajstić information content (AvgIpc) is 2.85. The first-order valence-electron chi connectivity index (χ1n) is 7.62. The van der Waals surface area contributed by atoms with Gasteiger partial charge in [-0.3, -0.25) is 0 Å². The number of para-hydroxylation sites is 2. The summed E-state index contributed by atoms with van der Waals surface area (Å²) < 4.78 is 2.22. The third kappa shape index (κ3) is 2.58. The maximum atomic E-state index is 10.5. The predicted molar refractivity (Wildman–Crippen MR) is 80.7 cm³/mol. The Morgan fingerprint density at radius 2 is 2.10 bits per heavy atom. The Morgan fingerprint density at radius 3 is 2.85 bits per heavy atom. The van der Waals surface area contributed by atoms with Crippen LogP contribution in [0, 0.1) is 5.92 Å². The molecule has 0 aliphatic carbocycles. The minimum Gasteiger partial charge on any atom is -0.392 e. The van der Waals surface area contributed by atoms with Gasteiger partial charge in [-0.05, 0) is 50.9 Å². The summed E-state index contributed by atoms with van der Waals surface area (Å²) in [7, 11) is 0. The Hall–Kier alpha value is -1.39. The molecule has 0 spiro atoms. The summed E-state index contributed by atoms with van der Waals surface area (Å²) >= 11 is 0. The molecule has 0 amide bonds. The van der Waals surface area contributed by atoms with Gasteiger partial charge in [-0.25, -0.2) is 4.98 Å². The molecule has 1 atom stereocenters. The summed E-state index contributed by atoms with van der Waals surface area (Å²) in [6.45, 7) is 5.07. The first-order valence-corrected chi connectivity index (χ1v) is 7.62. The molecule has 1 saturated heterocycles. The highest BCUT2D eigenvalue weighted by atomic mass is 16.3. The minimum absolute atomic E-state index is 0.279. The quantitative estimate of drug-likeness (QED) is 0.895. The second-order valence-corrected chi connectivity index (χ2v) is 5.62.